The molecule has 0 saturated heterocycles. The largest absolute Gasteiger partial charge is 0.419 e. The molecule has 0 amide bonds. The molecule has 0 aliphatic carbocycles. The van der Waals surface area contributed by atoms with Gasteiger partial charge in [-0.05, 0) is 11.6 Å². The number of halogens is 3. The lowest BCUT2D eigenvalue weighted by molar-refractivity contribution is -0.138. The van der Waals surface area contributed by atoms with E-state index >= 15 is 0 Å². The maximum atomic E-state index is 12.9. The Morgan fingerprint density at radius 2 is 1.88 bits per heavy atom. The molecule has 0 atom stereocenters. The molecule has 0 aliphatic heterocycles. The second kappa shape index (κ2) is 3.97. The average molecular weight is 243 g/mol. The predicted molar refractivity (Wildman–Crippen MR) is 58.5 cm³/mol. The minimum atomic E-state index is -4.37. The monoisotopic (exact) mass is 243 g/mol. The van der Waals surface area contributed by atoms with Gasteiger partial charge in [0.25, 0.3) is 0 Å². The average Bonchev–Trinajstić information content (AvgIpc) is 2.26. The maximum Gasteiger partial charge on any atom is 0.419 e. The zero-order chi connectivity index (χ0) is 11.8. The van der Waals surface area contributed by atoms with Crippen molar-refractivity contribution >= 4 is 22.5 Å². The minimum absolute atomic E-state index is 0.0196. The van der Waals surface area contributed by atoms with Crippen LogP contribution in [0.1, 0.15) is 5.56 Å². The predicted octanol–water partition coefficient (Wildman–Crippen LogP) is 3.98. The number of fused-ring (bicyclic) bond motifs is 1. The summed E-state index contributed by atoms with van der Waals surface area (Å²) in [6, 6.07) is 6.39. The number of pyridine rings is 1. The second-order valence-electron chi connectivity index (χ2n) is 3.23. The van der Waals surface area contributed by atoms with Crippen molar-refractivity contribution in [3.8, 4) is 0 Å². The summed E-state index contributed by atoms with van der Waals surface area (Å²) in [4.78, 5) is 3.83. The van der Waals surface area contributed by atoms with Crippen molar-refractivity contribution in [3.63, 3.8) is 0 Å². The van der Waals surface area contributed by atoms with Crippen molar-refractivity contribution in [2.24, 2.45) is 0 Å². The molecule has 1 aromatic heterocycles. The molecular formula is C11H8F3NS. The van der Waals surface area contributed by atoms with Crippen LogP contribution in [-0.2, 0) is 6.18 Å². The van der Waals surface area contributed by atoms with Gasteiger partial charge >= 0.3 is 6.18 Å². The smallest absolute Gasteiger partial charge is 0.249 e. The number of aromatic nitrogens is 1. The number of thioether (sulfide) groups is 1. The summed E-state index contributed by atoms with van der Waals surface area (Å²) in [6.07, 6.45) is -1.31. The molecule has 1 nitrogen and oxygen atoms in total. The Morgan fingerprint density at radius 3 is 2.50 bits per heavy atom. The molecule has 0 N–H and O–H groups in total. The number of rotatable bonds is 1. The Hall–Kier alpha value is -1.23. The first kappa shape index (κ1) is 11.3. The van der Waals surface area contributed by atoms with Crippen LogP contribution >= 0.6 is 11.8 Å². The van der Waals surface area contributed by atoms with Crippen molar-refractivity contribution in [3.05, 3.63) is 36.0 Å². The van der Waals surface area contributed by atoms with Gasteiger partial charge in [-0.2, -0.15) is 13.2 Å². The van der Waals surface area contributed by atoms with Gasteiger partial charge in [0.2, 0.25) is 0 Å². The molecule has 84 valence electrons. The van der Waals surface area contributed by atoms with Crippen molar-refractivity contribution < 1.29 is 13.2 Å². The summed E-state index contributed by atoms with van der Waals surface area (Å²) < 4.78 is 38.7. The summed E-state index contributed by atoms with van der Waals surface area (Å²) in [7, 11) is 0. The van der Waals surface area contributed by atoms with E-state index in [4.69, 9.17) is 0 Å². The van der Waals surface area contributed by atoms with Gasteiger partial charge in [0.05, 0.1) is 5.56 Å². The van der Waals surface area contributed by atoms with E-state index < -0.39 is 11.7 Å². The number of benzene rings is 1. The third-order valence-electron chi connectivity index (χ3n) is 2.24. The molecule has 0 spiro atoms. The molecule has 2 aromatic rings. The van der Waals surface area contributed by atoms with E-state index in [1.54, 1.807) is 24.5 Å². The Kier molecular flexibility index (Phi) is 2.80. The molecule has 0 aliphatic rings. The van der Waals surface area contributed by atoms with Crippen LogP contribution in [0.25, 0.3) is 10.8 Å². The molecule has 2 rings (SSSR count). The molecule has 0 bridgehead atoms. The highest BCUT2D eigenvalue weighted by Gasteiger charge is 2.36. The van der Waals surface area contributed by atoms with Crippen molar-refractivity contribution in [1.29, 1.82) is 0 Å². The van der Waals surface area contributed by atoms with Gasteiger partial charge < -0.3 is 0 Å². The second-order valence-corrected chi connectivity index (χ2v) is 4.02. The zero-order valence-electron chi connectivity index (χ0n) is 8.38. The van der Waals surface area contributed by atoms with Crippen LogP contribution in [0.2, 0.25) is 0 Å². The van der Waals surface area contributed by atoms with Crippen LogP contribution in [0.5, 0.6) is 0 Å². The summed E-state index contributed by atoms with van der Waals surface area (Å²) in [5, 5.41) is 0.730. The number of hydrogen-bond acceptors (Lipinski definition) is 2. The summed E-state index contributed by atoms with van der Waals surface area (Å²) in [6.45, 7) is 0. The van der Waals surface area contributed by atoms with Crippen LogP contribution in [0.3, 0.4) is 0 Å². The molecule has 1 heterocycles. The summed E-state index contributed by atoms with van der Waals surface area (Å²) in [5.41, 5.74) is -0.641. The zero-order valence-corrected chi connectivity index (χ0v) is 9.19. The molecule has 0 unspecified atom stereocenters. The summed E-state index contributed by atoms with van der Waals surface area (Å²) >= 11 is 1.01. The maximum absolute atomic E-state index is 12.9. The number of nitrogens with zero attached hydrogens (tertiary/aromatic N) is 1. The molecule has 0 radical (unpaired) electrons. The molecular weight excluding hydrogens is 235 g/mol. The van der Waals surface area contributed by atoms with E-state index in [1.165, 1.54) is 12.3 Å². The van der Waals surface area contributed by atoms with E-state index in [2.05, 4.69) is 4.98 Å². The van der Waals surface area contributed by atoms with E-state index in [-0.39, 0.29) is 10.4 Å². The first-order valence-corrected chi connectivity index (χ1v) is 5.75. The Balaban J connectivity index is 2.84. The van der Waals surface area contributed by atoms with Crippen LogP contribution in [-0.4, -0.2) is 11.2 Å². The minimum Gasteiger partial charge on any atom is -0.249 e. The molecule has 16 heavy (non-hydrogen) atoms. The van der Waals surface area contributed by atoms with Crippen LogP contribution in [0.15, 0.2) is 35.5 Å². The quantitative estimate of drug-likeness (QED) is 0.703. The Bertz CT molecular complexity index is 522. The molecule has 5 heteroatoms. The van der Waals surface area contributed by atoms with Gasteiger partial charge in [-0.25, -0.2) is 4.98 Å². The SMILES string of the molecule is CSc1ncc2ccccc2c1C(F)(F)F. The van der Waals surface area contributed by atoms with Gasteiger partial charge in [0.15, 0.2) is 0 Å². The fourth-order valence-corrected chi connectivity index (χ4v) is 2.16. The highest BCUT2D eigenvalue weighted by atomic mass is 32.2. The molecule has 0 fully saturated rings. The van der Waals surface area contributed by atoms with E-state index in [1.807, 2.05) is 0 Å². The van der Waals surface area contributed by atoms with Gasteiger partial charge in [0, 0.05) is 11.6 Å². The van der Waals surface area contributed by atoms with Crippen molar-refractivity contribution in [2.45, 2.75) is 11.2 Å². The van der Waals surface area contributed by atoms with Gasteiger partial charge in [0.1, 0.15) is 5.03 Å². The fraction of sp³-hybridized carbons (Fsp3) is 0.182. The topological polar surface area (TPSA) is 12.9 Å². The van der Waals surface area contributed by atoms with E-state index in [0.717, 1.165) is 11.8 Å². The lowest BCUT2D eigenvalue weighted by atomic mass is 10.1. The third-order valence-corrected chi connectivity index (χ3v) is 2.94. The number of hydrogen-bond donors (Lipinski definition) is 0. The number of alkyl halides is 3. The van der Waals surface area contributed by atoms with Crippen LogP contribution in [0.4, 0.5) is 13.2 Å². The first-order chi connectivity index (χ1) is 7.54. The lowest BCUT2D eigenvalue weighted by Gasteiger charge is -2.13. The fourth-order valence-electron chi connectivity index (χ4n) is 1.57. The van der Waals surface area contributed by atoms with Gasteiger partial charge in [-0.1, -0.05) is 24.3 Å². The standard InChI is InChI=1S/C11H8F3NS/c1-16-10-9(11(12,13)14)8-5-3-2-4-7(8)6-15-10/h2-6H,1H3. The van der Waals surface area contributed by atoms with Gasteiger partial charge in [-0.15, -0.1) is 11.8 Å². The van der Waals surface area contributed by atoms with Gasteiger partial charge in [-0.3, -0.25) is 0 Å². The van der Waals surface area contributed by atoms with E-state index in [9.17, 15) is 13.2 Å². The van der Waals surface area contributed by atoms with Crippen LogP contribution in [0, 0.1) is 0 Å². The van der Waals surface area contributed by atoms with Crippen molar-refractivity contribution in [2.75, 3.05) is 6.26 Å². The third kappa shape index (κ3) is 1.87. The highest BCUT2D eigenvalue weighted by Crippen LogP contribution is 2.39. The van der Waals surface area contributed by atoms with Crippen LogP contribution < -0.4 is 0 Å². The highest BCUT2D eigenvalue weighted by molar-refractivity contribution is 7.98. The normalized spacial score (nSPS) is 12.0. The Morgan fingerprint density at radius 1 is 1.19 bits per heavy atom. The van der Waals surface area contributed by atoms with E-state index in [0.29, 0.717) is 5.39 Å². The van der Waals surface area contributed by atoms with Crippen molar-refractivity contribution in [1.82, 2.24) is 4.98 Å². The molecule has 1 aromatic carbocycles. The summed E-state index contributed by atoms with van der Waals surface area (Å²) in [5.74, 6) is 0. The first-order valence-electron chi connectivity index (χ1n) is 4.53. The lowest BCUT2D eigenvalue weighted by Crippen LogP contribution is -2.09. The Labute approximate surface area is 94.7 Å². The molecule has 0 saturated carbocycles.